The molecule has 0 rings (SSSR count). The van der Waals surface area contributed by atoms with E-state index in [0.29, 0.717) is 13.2 Å². The molecule has 0 aromatic carbocycles. The van der Waals surface area contributed by atoms with Gasteiger partial charge in [-0.25, -0.2) is 0 Å². The number of hydrogen-bond acceptors (Lipinski definition) is 3. The maximum absolute atomic E-state index is 5.24. The Kier molecular flexibility index (Phi) is 5.93. The van der Waals surface area contributed by atoms with Gasteiger partial charge in [-0.2, -0.15) is 0 Å². The van der Waals surface area contributed by atoms with Gasteiger partial charge in [-0.1, -0.05) is 0 Å². The van der Waals surface area contributed by atoms with E-state index in [1.165, 1.54) is 0 Å². The van der Waals surface area contributed by atoms with Gasteiger partial charge in [-0.3, -0.25) is 0 Å². The quantitative estimate of drug-likeness (QED) is 0.434. The fourth-order valence-corrected chi connectivity index (χ4v) is 0.401. The largest absolute Gasteiger partial charge is 0.356 e. The van der Waals surface area contributed by atoms with Crippen molar-refractivity contribution in [2.45, 2.75) is 19.6 Å². The summed E-state index contributed by atoms with van der Waals surface area (Å²) in [5, 5.41) is 0. The number of rotatable bonds is 5. The molecule has 0 amide bonds. The first-order valence-electron chi connectivity index (χ1n) is 3.15. The molecule has 1 atom stereocenters. The molecule has 3 nitrogen and oxygen atoms in total. The van der Waals surface area contributed by atoms with E-state index < -0.39 is 0 Å². The lowest BCUT2D eigenvalue weighted by atomic mass is 10.5. The highest BCUT2D eigenvalue weighted by molar-refractivity contribution is 4.35. The number of hydrogen-bond donors (Lipinski definition) is 1. The summed E-state index contributed by atoms with van der Waals surface area (Å²) in [6, 6.07) is 0. The van der Waals surface area contributed by atoms with Gasteiger partial charge in [0.25, 0.3) is 0 Å². The summed E-state index contributed by atoms with van der Waals surface area (Å²) in [6.07, 6.45) is 0.796. The van der Waals surface area contributed by atoms with E-state index in [1.54, 1.807) is 7.11 Å². The van der Waals surface area contributed by atoms with Gasteiger partial charge in [0.1, 0.15) is 0 Å². The highest BCUT2D eigenvalue weighted by Crippen LogP contribution is 1.90. The zero-order valence-electron chi connectivity index (χ0n) is 6.09. The second-order valence-corrected chi connectivity index (χ2v) is 1.82. The SMILES string of the molecule is COC(C)OCCCN. The van der Waals surface area contributed by atoms with Crippen LogP contribution >= 0.6 is 0 Å². The number of methoxy groups -OCH3 is 1. The molecule has 3 heteroatoms. The third kappa shape index (κ3) is 5.76. The first-order valence-corrected chi connectivity index (χ1v) is 3.15. The average Bonchev–Trinajstić information content (AvgIpc) is 1.89. The number of ether oxygens (including phenoxy) is 2. The van der Waals surface area contributed by atoms with Crippen LogP contribution in [0.5, 0.6) is 0 Å². The summed E-state index contributed by atoms with van der Waals surface area (Å²) in [4.78, 5) is 0. The molecule has 2 N–H and O–H groups in total. The van der Waals surface area contributed by atoms with E-state index in [0.717, 1.165) is 6.42 Å². The van der Waals surface area contributed by atoms with Crippen LogP contribution in [-0.2, 0) is 9.47 Å². The highest BCUT2D eigenvalue weighted by atomic mass is 16.7. The molecular weight excluding hydrogens is 118 g/mol. The van der Waals surface area contributed by atoms with Crippen LogP contribution in [0.1, 0.15) is 13.3 Å². The first kappa shape index (κ1) is 8.88. The molecule has 0 saturated carbocycles. The maximum Gasteiger partial charge on any atom is 0.154 e. The van der Waals surface area contributed by atoms with Crippen LogP contribution in [0, 0.1) is 0 Å². The third-order valence-corrected chi connectivity index (χ3v) is 1.03. The van der Waals surface area contributed by atoms with Gasteiger partial charge < -0.3 is 15.2 Å². The highest BCUT2D eigenvalue weighted by Gasteiger charge is 1.95. The fourth-order valence-electron chi connectivity index (χ4n) is 0.401. The molecule has 0 bridgehead atoms. The van der Waals surface area contributed by atoms with Crippen molar-refractivity contribution in [2.75, 3.05) is 20.3 Å². The predicted molar refractivity (Wildman–Crippen MR) is 36.1 cm³/mol. The van der Waals surface area contributed by atoms with E-state index >= 15 is 0 Å². The molecule has 0 fully saturated rings. The molecule has 0 aromatic rings. The van der Waals surface area contributed by atoms with Crippen LogP contribution in [0.25, 0.3) is 0 Å². The maximum atomic E-state index is 5.24. The van der Waals surface area contributed by atoms with Gasteiger partial charge in [-0.05, 0) is 19.9 Å². The van der Waals surface area contributed by atoms with Crippen molar-refractivity contribution in [3.05, 3.63) is 0 Å². The van der Waals surface area contributed by atoms with E-state index in [-0.39, 0.29) is 6.29 Å². The smallest absolute Gasteiger partial charge is 0.154 e. The van der Waals surface area contributed by atoms with Gasteiger partial charge in [0.15, 0.2) is 6.29 Å². The molecule has 0 aliphatic heterocycles. The summed E-state index contributed by atoms with van der Waals surface area (Å²) < 4.78 is 9.96. The summed E-state index contributed by atoms with van der Waals surface area (Å²) in [5.41, 5.74) is 5.24. The minimum atomic E-state index is -0.100. The van der Waals surface area contributed by atoms with Crippen molar-refractivity contribution in [3.8, 4) is 0 Å². The van der Waals surface area contributed by atoms with Gasteiger partial charge in [0.05, 0.1) is 6.61 Å². The zero-order valence-corrected chi connectivity index (χ0v) is 6.09. The second-order valence-electron chi connectivity index (χ2n) is 1.82. The van der Waals surface area contributed by atoms with E-state index in [1.807, 2.05) is 6.92 Å². The Morgan fingerprint density at radius 3 is 2.67 bits per heavy atom. The average molecular weight is 133 g/mol. The van der Waals surface area contributed by atoms with Crippen LogP contribution < -0.4 is 5.73 Å². The molecule has 0 aromatic heterocycles. The summed E-state index contributed by atoms with van der Waals surface area (Å²) in [6.45, 7) is 3.22. The van der Waals surface area contributed by atoms with E-state index in [2.05, 4.69) is 0 Å². The lowest BCUT2D eigenvalue weighted by Crippen LogP contribution is -2.13. The van der Waals surface area contributed by atoms with Crippen molar-refractivity contribution in [2.24, 2.45) is 5.73 Å². The lowest BCUT2D eigenvalue weighted by molar-refractivity contribution is -0.110. The van der Waals surface area contributed by atoms with Gasteiger partial charge >= 0.3 is 0 Å². The van der Waals surface area contributed by atoms with Gasteiger partial charge in [-0.15, -0.1) is 0 Å². The molecule has 1 unspecified atom stereocenters. The number of nitrogens with two attached hydrogens (primary N) is 1. The standard InChI is InChI=1S/C6H15NO2/c1-6(8-2)9-5-3-4-7/h6H,3-5,7H2,1-2H3. The fraction of sp³-hybridized carbons (Fsp3) is 1.00. The van der Waals surface area contributed by atoms with Crippen molar-refractivity contribution < 1.29 is 9.47 Å². The van der Waals surface area contributed by atoms with Gasteiger partial charge in [0.2, 0.25) is 0 Å². The normalized spacial score (nSPS) is 13.7. The Morgan fingerprint density at radius 2 is 2.22 bits per heavy atom. The molecule has 0 aliphatic carbocycles. The molecule has 0 saturated heterocycles. The topological polar surface area (TPSA) is 44.5 Å². The van der Waals surface area contributed by atoms with E-state index in [9.17, 15) is 0 Å². The van der Waals surface area contributed by atoms with Crippen LogP contribution in [0.2, 0.25) is 0 Å². The van der Waals surface area contributed by atoms with Crippen LogP contribution in [0.4, 0.5) is 0 Å². The van der Waals surface area contributed by atoms with Crippen LogP contribution in [-0.4, -0.2) is 26.6 Å². The predicted octanol–water partition coefficient (Wildman–Crippen LogP) is 0.344. The van der Waals surface area contributed by atoms with E-state index in [4.69, 9.17) is 15.2 Å². The molecule has 0 heterocycles. The zero-order chi connectivity index (χ0) is 7.11. The van der Waals surface area contributed by atoms with Crippen LogP contribution in [0.3, 0.4) is 0 Å². The Hall–Kier alpha value is -0.120. The summed E-state index contributed by atoms with van der Waals surface area (Å²) >= 11 is 0. The van der Waals surface area contributed by atoms with Crippen LogP contribution in [0.15, 0.2) is 0 Å². The molecular formula is C6H15NO2. The summed E-state index contributed by atoms with van der Waals surface area (Å²) in [5.74, 6) is 0. The summed E-state index contributed by atoms with van der Waals surface area (Å²) in [7, 11) is 1.62. The van der Waals surface area contributed by atoms with Crippen molar-refractivity contribution in [3.63, 3.8) is 0 Å². The lowest BCUT2D eigenvalue weighted by Gasteiger charge is -2.09. The molecule has 0 aliphatic rings. The Bertz CT molecular complexity index is 59.0. The Labute approximate surface area is 56.1 Å². The molecule has 56 valence electrons. The third-order valence-electron chi connectivity index (χ3n) is 1.03. The molecule has 0 radical (unpaired) electrons. The Balaban J connectivity index is 2.88. The minimum Gasteiger partial charge on any atom is -0.356 e. The van der Waals surface area contributed by atoms with Crippen molar-refractivity contribution in [1.29, 1.82) is 0 Å². The molecule has 0 spiro atoms. The van der Waals surface area contributed by atoms with Gasteiger partial charge in [0, 0.05) is 7.11 Å². The van der Waals surface area contributed by atoms with Crippen molar-refractivity contribution >= 4 is 0 Å². The second kappa shape index (κ2) is 6.01. The Morgan fingerprint density at radius 1 is 1.56 bits per heavy atom. The molecule has 9 heavy (non-hydrogen) atoms. The first-order chi connectivity index (χ1) is 4.31. The minimum absolute atomic E-state index is 0.100. The monoisotopic (exact) mass is 133 g/mol. The van der Waals surface area contributed by atoms with Crippen molar-refractivity contribution in [1.82, 2.24) is 0 Å².